The van der Waals surface area contributed by atoms with Crippen LogP contribution in [0, 0.1) is 6.92 Å². The van der Waals surface area contributed by atoms with E-state index in [2.05, 4.69) is 16.9 Å². The average molecular weight is 288 g/mol. The zero-order valence-corrected chi connectivity index (χ0v) is 12.8. The van der Waals surface area contributed by atoms with Gasteiger partial charge in [0.1, 0.15) is 5.75 Å². The molecule has 114 valence electrons. The van der Waals surface area contributed by atoms with Gasteiger partial charge in [0.2, 0.25) is 0 Å². The van der Waals surface area contributed by atoms with E-state index in [1.54, 1.807) is 6.20 Å². The number of pyridine rings is 1. The molecule has 5 nitrogen and oxygen atoms in total. The van der Waals surface area contributed by atoms with Gasteiger partial charge in [-0.3, -0.25) is 4.98 Å². The highest BCUT2D eigenvalue weighted by molar-refractivity contribution is 5.30. The number of aromatic nitrogens is 3. The summed E-state index contributed by atoms with van der Waals surface area (Å²) in [7, 11) is 0. The first-order valence-corrected chi connectivity index (χ1v) is 7.49. The number of ether oxygens (including phenoxy) is 1. The van der Waals surface area contributed by atoms with Gasteiger partial charge >= 0.3 is 0 Å². The van der Waals surface area contributed by atoms with E-state index in [0.717, 1.165) is 42.9 Å². The number of aryl methyl sites for hydroxylation is 2. The number of hydrogen-bond acceptors (Lipinski definition) is 4. The molecule has 0 spiro atoms. The Morgan fingerprint density at radius 1 is 1.38 bits per heavy atom. The minimum absolute atomic E-state index is 0.132. The fraction of sp³-hybridized carbons (Fsp3) is 0.500. The summed E-state index contributed by atoms with van der Waals surface area (Å²) in [6.07, 6.45) is 8.20. The van der Waals surface area contributed by atoms with Gasteiger partial charge in [-0.2, -0.15) is 0 Å². The van der Waals surface area contributed by atoms with Crippen molar-refractivity contribution < 1.29 is 4.74 Å². The number of imidazole rings is 1. The van der Waals surface area contributed by atoms with Gasteiger partial charge < -0.3 is 15.0 Å². The Morgan fingerprint density at radius 2 is 2.24 bits per heavy atom. The van der Waals surface area contributed by atoms with Gasteiger partial charge in [-0.1, -0.05) is 6.92 Å². The third-order valence-corrected chi connectivity index (χ3v) is 3.43. The van der Waals surface area contributed by atoms with Gasteiger partial charge in [0.05, 0.1) is 18.6 Å². The van der Waals surface area contributed by atoms with Crippen LogP contribution in [0.4, 0.5) is 0 Å². The summed E-state index contributed by atoms with van der Waals surface area (Å²) in [5.41, 5.74) is 8.00. The second kappa shape index (κ2) is 7.78. The minimum Gasteiger partial charge on any atom is -0.492 e. The SMILES string of the molecule is CCC(N)Cc1nc(C)ccc1OCCCn1ccnc1. The van der Waals surface area contributed by atoms with Crippen molar-refractivity contribution in [2.75, 3.05) is 6.61 Å². The van der Waals surface area contributed by atoms with Gasteiger partial charge in [0.15, 0.2) is 0 Å². The first kappa shape index (κ1) is 15.5. The van der Waals surface area contributed by atoms with Crippen molar-refractivity contribution >= 4 is 0 Å². The summed E-state index contributed by atoms with van der Waals surface area (Å²) in [6.45, 7) is 5.65. The maximum absolute atomic E-state index is 6.04. The Labute approximate surface area is 126 Å². The van der Waals surface area contributed by atoms with Crippen LogP contribution in [0.15, 0.2) is 30.9 Å². The molecule has 0 saturated carbocycles. The maximum atomic E-state index is 6.04. The molecule has 0 saturated heterocycles. The van der Waals surface area contributed by atoms with E-state index in [0.29, 0.717) is 6.61 Å². The Hall–Kier alpha value is -1.88. The topological polar surface area (TPSA) is 66.0 Å². The molecule has 0 aliphatic heterocycles. The van der Waals surface area contributed by atoms with E-state index in [9.17, 15) is 0 Å². The molecular formula is C16H24N4O. The normalized spacial score (nSPS) is 12.3. The smallest absolute Gasteiger partial charge is 0.140 e. The molecule has 2 aromatic rings. The number of nitrogens with zero attached hydrogens (tertiary/aromatic N) is 3. The molecule has 0 amide bonds. The van der Waals surface area contributed by atoms with Crippen molar-refractivity contribution in [3.05, 3.63) is 42.2 Å². The molecule has 0 bridgehead atoms. The number of rotatable bonds is 8. The summed E-state index contributed by atoms with van der Waals surface area (Å²) >= 11 is 0. The van der Waals surface area contributed by atoms with Crippen LogP contribution in [-0.2, 0) is 13.0 Å². The van der Waals surface area contributed by atoms with Crippen molar-refractivity contribution in [3.8, 4) is 5.75 Å². The molecule has 1 atom stereocenters. The Morgan fingerprint density at radius 3 is 2.95 bits per heavy atom. The molecule has 2 N–H and O–H groups in total. The summed E-state index contributed by atoms with van der Waals surface area (Å²) in [5, 5.41) is 0. The summed E-state index contributed by atoms with van der Waals surface area (Å²) < 4.78 is 7.93. The van der Waals surface area contributed by atoms with Crippen molar-refractivity contribution in [2.45, 2.75) is 45.7 Å². The third kappa shape index (κ3) is 4.86. The van der Waals surface area contributed by atoms with Crippen molar-refractivity contribution in [1.82, 2.24) is 14.5 Å². The number of hydrogen-bond donors (Lipinski definition) is 1. The van der Waals surface area contributed by atoms with E-state index >= 15 is 0 Å². The Balaban J connectivity index is 1.89. The first-order valence-electron chi connectivity index (χ1n) is 7.49. The standard InChI is InChI=1S/C16H24N4O/c1-3-14(17)11-15-16(6-5-13(2)19-15)21-10-4-8-20-9-7-18-12-20/h5-7,9,12,14H,3-4,8,10-11,17H2,1-2H3. The predicted octanol–water partition coefficient (Wildman–Crippen LogP) is 2.34. The first-order chi connectivity index (χ1) is 10.2. The predicted molar refractivity (Wildman–Crippen MR) is 83.3 cm³/mol. The van der Waals surface area contributed by atoms with Crippen molar-refractivity contribution in [2.24, 2.45) is 5.73 Å². The van der Waals surface area contributed by atoms with Crippen LogP contribution in [-0.4, -0.2) is 27.2 Å². The molecule has 0 aliphatic rings. The van der Waals surface area contributed by atoms with Crippen molar-refractivity contribution in [3.63, 3.8) is 0 Å². The van der Waals surface area contributed by atoms with Gasteiger partial charge in [-0.15, -0.1) is 0 Å². The lowest BCUT2D eigenvalue weighted by atomic mass is 10.1. The second-order valence-corrected chi connectivity index (χ2v) is 5.27. The fourth-order valence-electron chi connectivity index (χ4n) is 2.12. The van der Waals surface area contributed by atoms with Crippen LogP contribution in [0.5, 0.6) is 5.75 Å². The van der Waals surface area contributed by atoms with E-state index < -0.39 is 0 Å². The van der Waals surface area contributed by atoms with Crippen LogP contribution in [0.25, 0.3) is 0 Å². The van der Waals surface area contributed by atoms with Crippen LogP contribution in [0.3, 0.4) is 0 Å². The molecule has 2 rings (SSSR count). The van der Waals surface area contributed by atoms with Gasteiger partial charge in [-0.05, 0) is 31.9 Å². The largest absolute Gasteiger partial charge is 0.492 e. The zero-order valence-electron chi connectivity index (χ0n) is 12.8. The monoisotopic (exact) mass is 288 g/mol. The molecule has 0 aromatic carbocycles. The lowest BCUT2D eigenvalue weighted by Gasteiger charge is -2.14. The molecule has 21 heavy (non-hydrogen) atoms. The third-order valence-electron chi connectivity index (χ3n) is 3.43. The molecule has 5 heteroatoms. The highest BCUT2D eigenvalue weighted by Crippen LogP contribution is 2.19. The van der Waals surface area contributed by atoms with E-state index in [1.165, 1.54) is 0 Å². The summed E-state index contributed by atoms with van der Waals surface area (Å²) in [5.74, 6) is 0.857. The highest BCUT2D eigenvalue weighted by Gasteiger charge is 2.10. The lowest BCUT2D eigenvalue weighted by Crippen LogP contribution is -2.22. The van der Waals surface area contributed by atoms with Crippen molar-refractivity contribution in [1.29, 1.82) is 0 Å². The van der Waals surface area contributed by atoms with Crippen LogP contribution in [0.1, 0.15) is 31.2 Å². The van der Waals surface area contributed by atoms with E-state index in [-0.39, 0.29) is 6.04 Å². The molecule has 2 aromatic heterocycles. The molecule has 0 aliphatic carbocycles. The highest BCUT2D eigenvalue weighted by atomic mass is 16.5. The van der Waals surface area contributed by atoms with Gasteiger partial charge in [0, 0.05) is 37.1 Å². The number of nitrogens with two attached hydrogens (primary N) is 1. The van der Waals surface area contributed by atoms with Crippen LogP contribution in [0.2, 0.25) is 0 Å². The summed E-state index contributed by atoms with van der Waals surface area (Å²) in [4.78, 5) is 8.59. The molecule has 1 unspecified atom stereocenters. The average Bonchev–Trinajstić information content (AvgIpc) is 2.98. The Kier molecular flexibility index (Phi) is 5.75. The summed E-state index contributed by atoms with van der Waals surface area (Å²) in [6, 6.07) is 4.11. The molecule has 0 fully saturated rings. The zero-order chi connectivity index (χ0) is 15.1. The molecule has 2 heterocycles. The van der Waals surface area contributed by atoms with Gasteiger partial charge in [0.25, 0.3) is 0 Å². The van der Waals surface area contributed by atoms with Gasteiger partial charge in [-0.25, -0.2) is 4.98 Å². The van der Waals surface area contributed by atoms with Crippen LogP contribution < -0.4 is 10.5 Å². The lowest BCUT2D eigenvalue weighted by molar-refractivity contribution is 0.296. The van der Waals surface area contributed by atoms with E-state index in [1.807, 2.05) is 36.1 Å². The Bertz CT molecular complexity index is 539. The van der Waals surface area contributed by atoms with E-state index in [4.69, 9.17) is 10.5 Å². The van der Waals surface area contributed by atoms with Crippen LogP contribution >= 0.6 is 0 Å². The molecular weight excluding hydrogens is 264 g/mol. The second-order valence-electron chi connectivity index (χ2n) is 5.27. The fourth-order valence-corrected chi connectivity index (χ4v) is 2.12. The maximum Gasteiger partial charge on any atom is 0.140 e. The minimum atomic E-state index is 0.132. The molecule has 0 radical (unpaired) electrons. The quantitative estimate of drug-likeness (QED) is 0.757.